The van der Waals surface area contributed by atoms with Crippen LogP contribution in [0.15, 0.2) is 18.2 Å². The molecule has 1 aromatic rings. The van der Waals surface area contributed by atoms with Gasteiger partial charge in [-0.25, -0.2) is 4.79 Å². The SMILES string of the molecule is CN(C(=O)OC(C)(C)C)C1CCC(CN2CCN(c3ccc4c(c3)C(=O)N([C@H]3CCC(=O)NC3=O)C4=O)CC2)CC1. The van der Waals surface area contributed by atoms with Gasteiger partial charge in [0.25, 0.3) is 11.8 Å². The number of rotatable bonds is 5. The lowest BCUT2D eigenvalue weighted by molar-refractivity contribution is -0.136. The summed E-state index contributed by atoms with van der Waals surface area (Å²) in [4.78, 5) is 70.0. The van der Waals surface area contributed by atoms with E-state index in [4.69, 9.17) is 4.74 Å². The van der Waals surface area contributed by atoms with Crippen molar-refractivity contribution in [3.8, 4) is 0 Å². The topological polar surface area (TPSA) is 120 Å². The van der Waals surface area contributed by atoms with Gasteiger partial charge in [0, 0.05) is 57.9 Å². The molecule has 5 rings (SSSR count). The fraction of sp³-hybridized carbons (Fsp3) is 0.633. The molecule has 1 aliphatic carbocycles. The molecule has 0 spiro atoms. The van der Waals surface area contributed by atoms with E-state index < -0.39 is 29.4 Å². The van der Waals surface area contributed by atoms with Gasteiger partial charge in [0.15, 0.2) is 0 Å². The Labute approximate surface area is 241 Å². The van der Waals surface area contributed by atoms with Gasteiger partial charge in [-0.15, -0.1) is 0 Å². The van der Waals surface area contributed by atoms with Crippen LogP contribution in [0.5, 0.6) is 0 Å². The highest BCUT2D eigenvalue weighted by atomic mass is 16.6. The van der Waals surface area contributed by atoms with Crippen LogP contribution in [-0.2, 0) is 14.3 Å². The quantitative estimate of drug-likeness (QED) is 0.540. The van der Waals surface area contributed by atoms with Crippen LogP contribution < -0.4 is 10.2 Å². The number of hydrogen-bond donors (Lipinski definition) is 1. The van der Waals surface area contributed by atoms with E-state index in [1.807, 2.05) is 33.9 Å². The number of ether oxygens (including phenoxy) is 1. The molecule has 3 fully saturated rings. The Balaban J connectivity index is 1.11. The molecule has 41 heavy (non-hydrogen) atoms. The van der Waals surface area contributed by atoms with Crippen LogP contribution in [0, 0.1) is 5.92 Å². The number of amides is 5. The summed E-state index contributed by atoms with van der Waals surface area (Å²) in [5, 5.41) is 2.23. The van der Waals surface area contributed by atoms with E-state index in [0.717, 1.165) is 69.0 Å². The maximum atomic E-state index is 13.2. The summed E-state index contributed by atoms with van der Waals surface area (Å²) in [5.74, 6) is -1.35. The van der Waals surface area contributed by atoms with Crippen molar-refractivity contribution in [3.63, 3.8) is 0 Å². The molecule has 0 radical (unpaired) electrons. The summed E-state index contributed by atoms with van der Waals surface area (Å²) in [6.45, 7) is 10.1. The number of nitrogens with zero attached hydrogens (tertiary/aromatic N) is 4. The number of imide groups is 2. The Morgan fingerprint density at radius 1 is 0.951 bits per heavy atom. The third-order valence-corrected chi connectivity index (χ3v) is 8.72. The van der Waals surface area contributed by atoms with Crippen molar-refractivity contribution >= 4 is 35.4 Å². The fourth-order valence-electron chi connectivity index (χ4n) is 6.41. The number of carbonyl (C=O) groups excluding carboxylic acids is 5. The molecular weight excluding hydrogens is 526 g/mol. The van der Waals surface area contributed by atoms with Gasteiger partial charge in [0.1, 0.15) is 11.6 Å². The maximum absolute atomic E-state index is 13.2. The van der Waals surface area contributed by atoms with Crippen LogP contribution in [0.4, 0.5) is 10.5 Å². The zero-order valence-corrected chi connectivity index (χ0v) is 24.5. The highest BCUT2D eigenvalue weighted by Crippen LogP contribution is 2.32. The molecule has 11 heteroatoms. The lowest BCUT2D eigenvalue weighted by atomic mass is 9.85. The molecule has 1 aromatic carbocycles. The number of hydrogen-bond acceptors (Lipinski definition) is 8. The summed E-state index contributed by atoms with van der Waals surface area (Å²) in [6, 6.07) is 4.57. The first kappa shape index (κ1) is 29.0. The second kappa shape index (κ2) is 11.4. The monoisotopic (exact) mass is 567 g/mol. The highest BCUT2D eigenvalue weighted by Gasteiger charge is 2.44. The van der Waals surface area contributed by atoms with Crippen molar-refractivity contribution < 1.29 is 28.7 Å². The van der Waals surface area contributed by atoms with E-state index in [0.29, 0.717) is 17.0 Å². The molecule has 1 saturated carbocycles. The van der Waals surface area contributed by atoms with Gasteiger partial charge in [-0.05, 0) is 77.0 Å². The minimum absolute atomic E-state index is 0.101. The van der Waals surface area contributed by atoms with E-state index >= 15 is 0 Å². The van der Waals surface area contributed by atoms with E-state index in [-0.39, 0.29) is 30.9 Å². The smallest absolute Gasteiger partial charge is 0.410 e. The first-order valence-corrected chi connectivity index (χ1v) is 14.7. The third-order valence-electron chi connectivity index (χ3n) is 8.72. The van der Waals surface area contributed by atoms with Crippen molar-refractivity contribution in [2.75, 3.05) is 44.7 Å². The number of fused-ring (bicyclic) bond motifs is 1. The van der Waals surface area contributed by atoms with Crippen LogP contribution in [0.2, 0.25) is 0 Å². The van der Waals surface area contributed by atoms with Crippen LogP contribution >= 0.6 is 0 Å². The average Bonchev–Trinajstić information content (AvgIpc) is 3.17. The van der Waals surface area contributed by atoms with E-state index in [1.165, 1.54) is 0 Å². The lowest BCUT2D eigenvalue weighted by Crippen LogP contribution is -2.54. The van der Waals surface area contributed by atoms with Gasteiger partial charge in [0.05, 0.1) is 11.1 Å². The van der Waals surface area contributed by atoms with Gasteiger partial charge in [-0.3, -0.25) is 34.3 Å². The normalized spacial score (nSPS) is 25.7. The van der Waals surface area contributed by atoms with Crippen LogP contribution in [-0.4, -0.2) is 102 Å². The predicted molar refractivity (Wildman–Crippen MR) is 152 cm³/mol. The summed E-state index contributed by atoms with van der Waals surface area (Å²) in [6.07, 6.45) is 4.14. The molecule has 2 saturated heterocycles. The Morgan fingerprint density at radius 3 is 2.24 bits per heavy atom. The third kappa shape index (κ3) is 6.24. The highest BCUT2D eigenvalue weighted by molar-refractivity contribution is 6.23. The zero-order valence-electron chi connectivity index (χ0n) is 24.5. The van der Waals surface area contributed by atoms with E-state index in [2.05, 4.69) is 15.1 Å². The van der Waals surface area contributed by atoms with Crippen LogP contribution in [0.3, 0.4) is 0 Å². The molecule has 0 aromatic heterocycles. The van der Waals surface area contributed by atoms with Crippen molar-refractivity contribution in [2.45, 2.75) is 77.0 Å². The van der Waals surface area contributed by atoms with E-state index in [1.54, 1.807) is 17.0 Å². The maximum Gasteiger partial charge on any atom is 0.410 e. The van der Waals surface area contributed by atoms with Crippen LogP contribution in [0.25, 0.3) is 0 Å². The second-order valence-electron chi connectivity index (χ2n) is 12.7. The van der Waals surface area contributed by atoms with Gasteiger partial charge in [0.2, 0.25) is 11.8 Å². The van der Waals surface area contributed by atoms with E-state index in [9.17, 15) is 24.0 Å². The van der Waals surface area contributed by atoms with Crippen molar-refractivity contribution in [1.82, 2.24) is 20.0 Å². The summed E-state index contributed by atoms with van der Waals surface area (Å²) in [5.41, 5.74) is 1.01. The van der Waals surface area contributed by atoms with Gasteiger partial charge >= 0.3 is 6.09 Å². The Kier molecular flexibility index (Phi) is 8.09. The first-order valence-electron chi connectivity index (χ1n) is 14.7. The predicted octanol–water partition coefficient (Wildman–Crippen LogP) is 2.64. The summed E-state index contributed by atoms with van der Waals surface area (Å²) >= 11 is 0. The number of carbonyl (C=O) groups is 5. The van der Waals surface area contributed by atoms with Crippen molar-refractivity contribution in [1.29, 1.82) is 0 Å². The number of anilines is 1. The standard InChI is InChI=1S/C30H41N5O6/c1-30(2,3)41-29(40)32(4)20-7-5-19(6-8-20)18-33-13-15-34(16-14-33)21-9-10-22-23(17-21)28(39)35(27(22)38)24-11-12-25(36)31-26(24)37/h9-10,17,19-20,24H,5-8,11-16,18H2,1-4H3,(H,31,36,37)/t19?,20?,24-/m0/s1. The lowest BCUT2D eigenvalue weighted by Gasteiger charge is -2.40. The number of benzene rings is 1. The Morgan fingerprint density at radius 2 is 1.61 bits per heavy atom. The Bertz CT molecular complexity index is 1230. The molecule has 1 atom stereocenters. The molecule has 222 valence electrons. The summed E-state index contributed by atoms with van der Waals surface area (Å²) < 4.78 is 5.53. The number of piperidine rings is 1. The second-order valence-corrected chi connectivity index (χ2v) is 12.7. The van der Waals surface area contributed by atoms with Gasteiger partial charge in [-0.1, -0.05) is 0 Å². The molecule has 5 amide bonds. The molecule has 3 heterocycles. The molecule has 4 aliphatic rings. The van der Waals surface area contributed by atoms with Crippen molar-refractivity contribution in [2.24, 2.45) is 5.92 Å². The molecule has 11 nitrogen and oxygen atoms in total. The molecule has 1 N–H and O–H groups in total. The minimum Gasteiger partial charge on any atom is -0.444 e. The summed E-state index contributed by atoms with van der Waals surface area (Å²) in [7, 11) is 1.84. The fourth-order valence-corrected chi connectivity index (χ4v) is 6.41. The van der Waals surface area contributed by atoms with Gasteiger partial charge in [-0.2, -0.15) is 0 Å². The molecule has 0 unspecified atom stereocenters. The minimum atomic E-state index is -0.958. The van der Waals surface area contributed by atoms with Gasteiger partial charge < -0.3 is 14.5 Å². The number of nitrogens with one attached hydrogen (secondary N) is 1. The molecule has 0 bridgehead atoms. The first-order chi connectivity index (χ1) is 19.4. The zero-order chi connectivity index (χ0) is 29.5. The number of piperazine rings is 1. The van der Waals surface area contributed by atoms with Crippen LogP contribution in [0.1, 0.15) is 80.0 Å². The molecule has 3 aliphatic heterocycles. The Hall–Kier alpha value is -3.47. The average molecular weight is 568 g/mol. The molecular formula is C30H41N5O6. The largest absolute Gasteiger partial charge is 0.444 e. The van der Waals surface area contributed by atoms with Crippen molar-refractivity contribution in [3.05, 3.63) is 29.3 Å².